The van der Waals surface area contributed by atoms with Crippen molar-refractivity contribution in [2.45, 2.75) is 44.4 Å². The van der Waals surface area contributed by atoms with Crippen molar-refractivity contribution < 1.29 is 14.3 Å². The molecule has 0 aromatic heterocycles. The van der Waals surface area contributed by atoms with Crippen LogP contribution in [0, 0.1) is 0 Å². The first-order valence-electron chi connectivity index (χ1n) is 11.3. The second kappa shape index (κ2) is 10.5. The lowest BCUT2D eigenvalue weighted by atomic mass is 10.0. The van der Waals surface area contributed by atoms with Crippen LogP contribution in [0.4, 0.5) is 0 Å². The number of likely N-dealkylation sites (tertiary alicyclic amines) is 2. The van der Waals surface area contributed by atoms with E-state index in [2.05, 4.69) is 40.1 Å². The van der Waals surface area contributed by atoms with Crippen LogP contribution >= 0.6 is 0 Å². The van der Waals surface area contributed by atoms with E-state index in [9.17, 15) is 4.79 Å². The van der Waals surface area contributed by atoms with Crippen LogP contribution in [0.15, 0.2) is 30.3 Å². The smallest absolute Gasteiger partial charge is 0.236 e. The number of nitrogens with zero attached hydrogens (tertiary/aromatic N) is 3. The first-order valence-corrected chi connectivity index (χ1v) is 11.3. The van der Waals surface area contributed by atoms with Gasteiger partial charge in [-0.15, -0.1) is 0 Å². The van der Waals surface area contributed by atoms with Gasteiger partial charge in [0.25, 0.3) is 0 Å². The maximum atomic E-state index is 12.5. The highest BCUT2D eigenvalue weighted by Gasteiger charge is 2.28. The lowest BCUT2D eigenvalue weighted by Gasteiger charge is -2.38. The Balaban J connectivity index is 1.13. The zero-order chi connectivity index (χ0) is 19.9. The van der Waals surface area contributed by atoms with Gasteiger partial charge in [-0.2, -0.15) is 0 Å². The molecule has 3 fully saturated rings. The van der Waals surface area contributed by atoms with Gasteiger partial charge >= 0.3 is 0 Å². The van der Waals surface area contributed by atoms with E-state index >= 15 is 0 Å². The maximum Gasteiger partial charge on any atom is 0.236 e. The van der Waals surface area contributed by atoms with Gasteiger partial charge in [-0.25, -0.2) is 0 Å². The van der Waals surface area contributed by atoms with Crippen molar-refractivity contribution in [3.63, 3.8) is 0 Å². The summed E-state index contributed by atoms with van der Waals surface area (Å²) in [5, 5.41) is 0. The summed E-state index contributed by atoms with van der Waals surface area (Å²) in [5.41, 5.74) is 1.39. The van der Waals surface area contributed by atoms with Crippen LogP contribution in [0.5, 0.6) is 0 Å². The number of hydrogen-bond acceptors (Lipinski definition) is 5. The predicted octanol–water partition coefficient (Wildman–Crippen LogP) is 1.99. The molecule has 0 unspecified atom stereocenters. The molecular formula is C23H35N3O3. The molecule has 3 saturated heterocycles. The van der Waals surface area contributed by atoms with Crippen LogP contribution < -0.4 is 0 Å². The molecule has 29 heavy (non-hydrogen) atoms. The number of ether oxygens (including phenoxy) is 2. The highest BCUT2D eigenvalue weighted by molar-refractivity contribution is 5.78. The summed E-state index contributed by atoms with van der Waals surface area (Å²) >= 11 is 0. The molecule has 1 aromatic carbocycles. The van der Waals surface area contributed by atoms with Crippen molar-refractivity contribution in [1.29, 1.82) is 0 Å². The molecule has 160 valence electrons. The number of morpholine rings is 1. The van der Waals surface area contributed by atoms with E-state index in [0.29, 0.717) is 18.8 Å². The van der Waals surface area contributed by atoms with Crippen LogP contribution in [0.2, 0.25) is 0 Å². The minimum atomic E-state index is 0.263. The fraction of sp³-hybridized carbons (Fsp3) is 0.696. The van der Waals surface area contributed by atoms with Crippen molar-refractivity contribution in [2.75, 3.05) is 59.0 Å². The van der Waals surface area contributed by atoms with Crippen LogP contribution in [0.1, 0.15) is 31.2 Å². The third kappa shape index (κ3) is 6.25. The quantitative estimate of drug-likeness (QED) is 0.730. The molecule has 0 atom stereocenters. The van der Waals surface area contributed by atoms with Crippen LogP contribution in [-0.2, 0) is 20.8 Å². The van der Waals surface area contributed by atoms with Crippen LogP contribution in [0.3, 0.4) is 0 Å². The van der Waals surface area contributed by atoms with E-state index in [1.165, 1.54) is 5.56 Å². The Hall–Kier alpha value is -1.47. The predicted molar refractivity (Wildman–Crippen MR) is 113 cm³/mol. The van der Waals surface area contributed by atoms with E-state index in [-0.39, 0.29) is 5.91 Å². The molecule has 0 spiro atoms. The van der Waals surface area contributed by atoms with E-state index in [1.54, 1.807) is 0 Å². The molecule has 3 aliphatic rings. The molecule has 6 heteroatoms. The number of carbonyl (C=O) groups excluding carboxylic acids is 1. The van der Waals surface area contributed by atoms with Gasteiger partial charge in [-0.3, -0.25) is 14.6 Å². The van der Waals surface area contributed by atoms with Gasteiger partial charge in [0.1, 0.15) is 0 Å². The molecule has 0 radical (unpaired) electrons. The summed E-state index contributed by atoms with van der Waals surface area (Å²) in [6.07, 6.45) is 4.86. The van der Waals surface area contributed by atoms with Crippen molar-refractivity contribution in [3.05, 3.63) is 35.9 Å². The molecular weight excluding hydrogens is 366 g/mol. The van der Waals surface area contributed by atoms with Gasteiger partial charge in [0.05, 0.1) is 32.0 Å². The highest BCUT2D eigenvalue weighted by Crippen LogP contribution is 2.22. The summed E-state index contributed by atoms with van der Waals surface area (Å²) in [5.74, 6) is 0.263. The van der Waals surface area contributed by atoms with E-state index in [4.69, 9.17) is 9.47 Å². The Morgan fingerprint density at radius 1 is 0.862 bits per heavy atom. The Morgan fingerprint density at radius 2 is 1.48 bits per heavy atom. The fourth-order valence-corrected chi connectivity index (χ4v) is 4.61. The van der Waals surface area contributed by atoms with Gasteiger partial charge in [0.2, 0.25) is 5.91 Å². The number of amides is 1. The van der Waals surface area contributed by atoms with Crippen LogP contribution in [0.25, 0.3) is 0 Å². The number of benzene rings is 1. The van der Waals surface area contributed by atoms with E-state index < -0.39 is 0 Å². The second-order valence-electron chi connectivity index (χ2n) is 8.57. The van der Waals surface area contributed by atoms with Gasteiger partial charge < -0.3 is 14.4 Å². The summed E-state index contributed by atoms with van der Waals surface area (Å²) < 4.78 is 11.8. The van der Waals surface area contributed by atoms with Crippen molar-refractivity contribution >= 4 is 5.91 Å². The molecule has 0 aliphatic carbocycles. The fourth-order valence-electron chi connectivity index (χ4n) is 4.61. The standard InChI is InChI=1S/C23H35N3O3/c27-23(19-25-14-16-28-17-15-25)26-12-8-22(9-13-26)29-21-6-10-24(11-7-21)18-20-4-2-1-3-5-20/h1-5,21-22H,6-19H2. The average Bonchev–Trinajstić information content (AvgIpc) is 2.77. The summed E-state index contributed by atoms with van der Waals surface area (Å²) in [6, 6.07) is 10.7. The number of piperidine rings is 2. The second-order valence-corrected chi connectivity index (χ2v) is 8.57. The van der Waals surface area contributed by atoms with Gasteiger partial charge in [-0.1, -0.05) is 30.3 Å². The Bertz CT molecular complexity index is 620. The van der Waals surface area contributed by atoms with Gasteiger partial charge in [0, 0.05) is 45.8 Å². The minimum absolute atomic E-state index is 0.263. The molecule has 0 bridgehead atoms. The van der Waals surface area contributed by atoms with Crippen LogP contribution in [-0.4, -0.2) is 91.8 Å². The summed E-state index contributed by atoms with van der Waals surface area (Å²) in [6.45, 7) is 8.68. The summed E-state index contributed by atoms with van der Waals surface area (Å²) in [7, 11) is 0. The largest absolute Gasteiger partial charge is 0.379 e. The Labute approximate surface area is 174 Å². The third-order valence-electron chi connectivity index (χ3n) is 6.43. The molecule has 0 saturated carbocycles. The van der Waals surface area contributed by atoms with Gasteiger partial charge in [-0.05, 0) is 31.2 Å². The Kier molecular flexibility index (Phi) is 7.55. The average molecular weight is 402 g/mol. The topological polar surface area (TPSA) is 45.3 Å². The number of carbonyl (C=O) groups is 1. The van der Waals surface area contributed by atoms with Gasteiger partial charge in [0.15, 0.2) is 0 Å². The lowest BCUT2D eigenvalue weighted by molar-refractivity contribution is -0.137. The SMILES string of the molecule is O=C(CN1CCOCC1)N1CCC(OC2CCN(Cc3ccccc3)CC2)CC1. The minimum Gasteiger partial charge on any atom is -0.379 e. The Morgan fingerprint density at radius 3 is 2.14 bits per heavy atom. The normalized spacial score (nSPS) is 23.4. The number of rotatable bonds is 6. The first-order chi connectivity index (χ1) is 14.3. The summed E-state index contributed by atoms with van der Waals surface area (Å²) in [4.78, 5) is 19.3. The monoisotopic (exact) mass is 401 g/mol. The maximum absolute atomic E-state index is 12.5. The molecule has 1 aromatic rings. The molecule has 6 nitrogen and oxygen atoms in total. The highest BCUT2D eigenvalue weighted by atomic mass is 16.5. The molecule has 3 aliphatic heterocycles. The zero-order valence-corrected chi connectivity index (χ0v) is 17.5. The molecule has 4 rings (SSSR count). The van der Waals surface area contributed by atoms with E-state index in [0.717, 1.165) is 84.7 Å². The first kappa shape index (κ1) is 20.8. The molecule has 1 amide bonds. The van der Waals surface area contributed by atoms with Crippen molar-refractivity contribution in [1.82, 2.24) is 14.7 Å². The third-order valence-corrected chi connectivity index (χ3v) is 6.43. The lowest BCUT2D eigenvalue weighted by Crippen LogP contribution is -2.48. The molecule has 0 N–H and O–H groups in total. The van der Waals surface area contributed by atoms with Crippen molar-refractivity contribution in [3.8, 4) is 0 Å². The zero-order valence-electron chi connectivity index (χ0n) is 17.5. The van der Waals surface area contributed by atoms with Crippen molar-refractivity contribution in [2.24, 2.45) is 0 Å². The van der Waals surface area contributed by atoms with E-state index in [1.807, 2.05) is 4.90 Å². The molecule has 3 heterocycles. The number of hydrogen-bond donors (Lipinski definition) is 0.